The number of benzene rings is 11. The minimum absolute atomic E-state index is 0.184. The van der Waals surface area contributed by atoms with Crippen molar-refractivity contribution in [1.82, 2.24) is 0 Å². The van der Waals surface area contributed by atoms with Crippen LogP contribution in [0.2, 0.25) is 0 Å². The van der Waals surface area contributed by atoms with Crippen LogP contribution in [0.15, 0.2) is 194 Å². The molecule has 11 aromatic carbocycles. The molecule has 0 aliphatic heterocycles. The van der Waals surface area contributed by atoms with Gasteiger partial charge in [-0.1, -0.05) is 196 Å². The third kappa shape index (κ3) is 4.56. The summed E-state index contributed by atoms with van der Waals surface area (Å²) in [5.74, 6) is 0. The second-order valence-electron chi connectivity index (χ2n) is 17.1. The first-order valence-electron chi connectivity index (χ1n) is 21.0. The Kier molecular flexibility index (Phi) is 7.04. The van der Waals surface area contributed by atoms with E-state index in [9.17, 15) is 0 Å². The van der Waals surface area contributed by atoms with Gasteiger partial charge < -0.3 is 0 Å². The van der Waals surface area contributed by atoms with Gasteiger partial charge in [-0.3, -0.25) is 0 Å². The molecule has 0 spiro atoms. The SMILES string of the molecule is CC1(C)c2cc(-c3ccc(-c4c5ccccc5c(-c5cccc6ccccc56)c5ccccc45)c4ccccc34)ccc2-c2c1c1ccccc1c1sc3ccccc3c21. The summed E-state index contributed by atoms with van der Waals surface area (Å²) in [6.45, 7) is 4.88. The summed E-state index contributed by atoms with van der Waals surface area (Å²) in [4.78, 5) is 0. The summed E-state index contributed by atoms with van der Waals surface area (Å²) >= 11 is 1.93. The highest BCUT2D eigenvalue weighted by Crippen LogP contribution is 2.58. The second-order valence-corrected chi connectivity index (χ2v) is 18.1. The lowest BCUT2D eigenvalue weighted by Gasteiger charge is -2.24. The highest BCUT2D eigenvalue weighted by molar-refractivity contribution is 7.26. The Balaban J connectivity index is 1.04. The van der Waals surface area contributed by atoms with Gasteiger partial charge in [0.15, 0.2) is 0 Å². The predicted octanol–water partition coefficient (Wildman–Crippen LogP) is 17.1. The van der Waals surface area contributed by atoms with Crippen LogP contribution in [-0.4, -0.2) is 0 Å². The van der Waals surface area contributed by atoms with Crippen molar-refractivity contribution in [2.45, 2.75) is 19.3 Å². The molecule has 13 rings (SSSR count). The van der Waals surface area contributed by atoms with Crippen LogP contribution in [0.3, 0.4) is 0 Å². The largest absolute Gasteiger partial charge is 0.135 e. The van der Waals surface area contributed by atoms with Crippen LogP contribution in [0.25, 0.3) is 119 Å². The Bertz CT molecular complexity index is 3740. The molecule has 1 aliphatic carbocycles. The molecule has 0 amide bonds. The minimum Gasteiger partial charge on any atom is -0.135 e. The Hall–Kier alpha value is -7.06. The summed E-state index contributed by atoms with van der Waals surface area (Å²) in [5.41, 5.74) is 13.1. The van der Waals surface area contributed by atoms with Gasteiger partial charge in [0.05, 0.1) is 0 Å². The van der Waals surface area contributed by atoms with Gasteiger partial charge in [0.2, 0.25) is 0 Å². The fraction of sp³-hybridized carbons (Fsp3) is 0.0508. The first-order chi connectivity index (χ1) is 29.6. The number of thiophene rings is 1. The van der Waals surface area contributed by atoms with Gasteiger partial charge in [0, 0.05) is 25.6 Å². The molecule has 280 valence electrons. The molecule has 0 saturated heterocycles. The monoisotopic (exact) mass is 778 g/mol. The van der Waals surface area contributed by atoms with E-state index in [1.165, 1.54) is 130 Å². The Morgan fingerprint density at radius 3 is 1.52 bits per heavy atom. The lowest BCUT2D eigenvalue weighted by molar-refractivity contribution is 0.667. The molecule has 0 nitrogen and oxygen atoms in total. The summed E-state index contributed by atoms with van der Waals surface area (Å²) in [5, 5.41) is 15.7. The molecule has 0 atom stereocenters. The van der Waals surface area contributed by atoms with E-state index in [4.69, 9.17) is 0 Å². The molecule has 0 saturated carbocycles. The van der Waals surface area contributed by atoms with Crippen molar-refractivity contribution in [3.8, 4) is 44.5 Å². The zero-order chi connectivity index (χ0) is 39.7. The zero-order valence-electron chi connectivity index (χ0n) is 33.4. The lowest BCUT2D eigenvalue weighted by atomic mass is 9.79. The smallest absolute Gasteiger partial charge is 0.0440 e. The maximum atomic E-state index is 2.51. The van der Waals surface area contributed by atoms with Gasteiger partial charge in [-0.15, -0.1) is 11.3 Å². The number of rotatable bonds is 3. The van der Waals surface area contributed by atoms with E-state index in [0.717, 1.165) is 0 Å². The first-order valence-corrected chi connectivity index (χ1v) is 21.8. The predicted molar refractivity (Wildman–Crippen MR) is 261 cm³/mol. The molecule has 0 fully saturated rings. The van der Waals surface area contributed by atoms with Crippen molar-refractivity contribution in [3.63, 3.8) is 0 Å². The maximum absolute atomic E-state index is 2.51. The molecule has 0 N–H and O–H groups in total. The third-order valence-corrected chi connectivity index (χ3v) is 14.8. The molecule has 1 heteroatoms. The fourth-order valence-electron chi connectivity index (χ4n) is 11.1. The van der Waals surface area contributed by atoms with Crippen molar-refractivity contribution in [2.75, 3.05) is 0 Å². The average molecular weight is 779 g/mol. The van der Waals surface area contributed by atoms with E-state index in [-0.39, 0.29) is 5.41 Å². The number of fused-ring (bicyclic) bond motifs is 14. The summed E-state index contributed by atoms with van der Waals surface area (Å²) in [6.07, 6.45) is 0. The molecule has 12 aromatic rings. The van der Waals surface area contributed by atoms with Crippen LogP contribution in [0.1, 0.15) is 25.0 Å². The van der Waals surface area contributed by atoms with Crippen molar-refractivity contribution in [3.05, 3.63) is 205 Å². The quantitative estimate of drug-likeness (QED) is 0.157. The van der Waals surface area contributed by atoms with Crippen molar-refractivity contribution in [2.24, 2.45) is 0 Å². The molecule has 1 aromatic heterocycles. The Labute approximate surface area is 352 Å². The van der Waals surface area contributed by atoms with Crippen LogP contribution in [0.5, 0.6) is 0 Å². The molecule has 0 unspecified atom stereocenters. The summed E-state index contributed by atoms with van der Waals surface area (Å²) < 4.78 is 2.74. The molecule has 60 heavy (non-hydrogen) atoms. The minimum atomic E-state index is -0.184. The highest BCUT2D eigenvalue weighted by atomic mass is 32.1. The lowest BCUT2D eigenvalue weighted by Crippen LogP contribution is -2.15. The van der Waals surface area contributed by atoms with Gasteiger partial charge in [0.25, 0.3) is 0 Å². The van der Waals surface area contributed by atoms with E-state index in [1.54, 1.807) is 0 Å². The molecular formula is C59H38S. The van der Waals surface area contributed by atoms with E-state index < -0.39 is 0 Å². The van der Waals surface area contributed by atoms with Crippen LogP contribution < -0.4 is 0 Å². The van der Waals surface area contributed by atoms with Crippen molar-refractivity contribution < 1.29 is 0 Å². The summed E-state index contributed by atoms with van der Waals surface area (Å²) in [7, 11) is 0. The van der Waals surface area contributed by atoms with Gasteiger partial charge in [-0.05, 0) is 122 Å². The maximum Gasteiger partial charge on any atom is 0.0440 e. The average Bonchev–Trinajstić information content (AvgIpc) is 3.80. The normalized spacial score (nSPS) is 13.3. The second kappa shape index (κ2) is 12.5. The Morgan fingerprint density at radius 1 is 0.350 bits per heavy atom. The third-order valence-electron chi connectivity index (χ3n) is 13.6. The number of hydrogen-bond acceptors (Lipinski definition) is 1. The highest BCUT2D eigenvalue weighted by Gasteiger charge is 2.39. The van der Waals surface area contributed by atoms with E-state index in [1.807, 2.05) is 11.3 Å². The van der Waals surface area contributed by atoms with Crippen LogP contribution in [-0.2, 0) is 5.41 Å². The standard InChI is InChI=1S/C59H38S/c1-59(2)51-34-36(30-31-49(51)55-56-50-27-13-14-29-52(50)60-58(56)48-26-12-11-25-47(48)57(55)59)38-32-33-46(40-20-6-5-19-39(38)40)54-44-23-9-7-21-42(44)53(43-22-8-10-24-45(43)54)41-28-15-17-35-16-3-4-18-37(35)41/h3-34H,1-2H3. The molecular weight excluding hydrogens is 741 g/mol. The van der Waals surface area contributed by atoms with E-state index in [2.05, 4.69) is 208 Å². The van der Waals surface area contributed by atoms with Gasteiger partial charge >= 0.3 is 0 Å². The molecule has 1 aliphatic rings. The number of hydrogen-bond donors (Lipinski definition) is 0. The van der Waals surface area contributed by atoms with Crippen LogP contribution in [0, 0.1) is 0 Å². The van der Waals surface area contributed by atoms with Crippen molar-refractivity contribution in [1.29, 1.82) is 0 Å². The van der Waals surface area contributed by atoms with Crippen LogP contribution >= 0.6 is 11.3 Å². The van der Waals surface area contributed by atoms with Gasteiger partial charge in [0.1, 0.15) is 0 Å². The topological polar surface area (TPSA) is 0 Å². The molecule has 0 radical (unpaired) electrons. The van der Waals surface area contributed by atoms with Gasteiger partial charge in [-0.2, -0.15) is 0 Å². The Morgan fingerprint density at radius 2 is 0.833 bits per heavy atom. The van der Waals surface area contributed by atoms with Crippen molar-refractivity contribution >= 4 is 85.4 Å². The molecule has 1 heterocycles. The summed E-state index contributed by atoms with van der Waals surface area (Å²) in [6, 6.07) is 72.8. The fourth-order valence-corrected chi connectivity index (χ4v) is 12.3. The molecule has 0 bridgehead atoms. The van der Waals surface area contributed by atoms with Crippen LogP contribution in [0.4, 0.5) is 0 Å². The first kappa shape index (κ1) is 33.9. The van der Waals surface area contributed by atoms with E-state index >= 15 is 0 Å². The van der Waals surface area contributed by atoms with Gasteiger partial charge in [-0.25, -0.2) is 0 Å². The zero-order valence-corrected chi connectivity index (χ0v) is 34.2. The van der Waals surface area contributed by atoms with E-state index in [0.29, 0.717) is 0 Å².